The van der Waals surface area contributed by atoms with Gasteiger partial charge in [0.15, 0.2) is 10.8 Å². The smallest absolute Gasteiger partial charge is 0.273 e. The van der Waals surface area contributed by atoms with E-state index in [4.69, 9.17) is 13.9 Å². The number of hydrogen-bond donors (Lipinski definition) is 0. The highest BCUT2D eigenvalue weighted by atomic mass is 32.1. The van der Waals surface area contributed by atoms with E-state index in [0.29, 0.717) is 24.5 Å². The molecule has 3 heterocycles. The average molecular weight is 428 g/mol. The highest BCUT2D eigenvalue weighted by Crippen LogP contribution is 2.29. The molecule has 0 saturated carbocycles. The third kappa shape index (κ3) is 4.20. The second kappa shape index (κ2) is 8.89. The van der Waals surface area contributed by atoms with Gasteiger partial charge in [0.2, 0.25) is 0 Å². The average Bonchev–Trinajstić information content (AvgIpc) is 3.43. The number of aryl methyl sites for hydroxylation is 1. The van der Waals surface area contributed by atoms with Crippen LogP contribution in [0, 0.1) is 6.92 Å². The summed E-state index contributed by atoms with van der Waals surface area (Å²) in [5.41, 5.74) is 1.60. The lowest BCUT2D eigenvalue weighted by molar-refractivity contribution is 0.0622. The first-order chi connectivity index (χ1) is 14.6. The summed E-state index contributed by atoms with van der Waals surface area (Å²) in [4.78, 5) is 22.7. The van der Waals surface area contributed by atoms with Crippen molar-refractivity contribution in [1.82, 2.24) is 14.8 Å². The van der Waals surface area contributed by atoms with Gasteiger partial charge in [0, 0.05) is 43.2 Å². The van der Waals surface area contributed by atoms with E-state index in [0.717, 1.165) is 46.6 Å². The molecule has 3 aromatic rings. The number of nitrogens with zero attached hydrogens (tertiary/aromatic N) is 3. The van der Waals surface area contributed by atoms with Crippen molar-refractivity contribution in [3.05, 3.63) is 52.7 Å². The minimum Gasteiger partial charge on any atom is -0.497 e. The van der Waals surface area contributed by atoms with Crippen molar-refractivity contribution in [1.29, 1.82) is 0 Å². The summed E-state index contributed by atoms with van der Waals surface area (Å²) in [5, 5.41) is 0.740. The summed E-state index contributed by atoms with van der Waals surface area (Å²) in [5.74, 6) is 2.34. The Kier molecular flexibility index (Phi) is 6.06. The van der Waals surface area contributed by atoms with E-state index in [1.165, 1.54) is 11.3 Å². The van der Waals surface area contributed by atoms with E-state index in [1.54, 1.807) is 20.5 Å². The van der Waals surface area contributed by atoms with Crippen LogP contribution >= 0.6 is 11.3 Å². The third-order valence-electron chi connectivity index (χ3n) is 5.27. The fourth-order valence-electron chi connectivity index (χ4n) is 3.61. The predicted octanol–water partition coefficient (Wildman–Crippen LogP) is 3.69. The molecule has 4 rings (SSSR count). The monoisotopic (exact) mass is 427 g/mol. The van der Waals surface area contributed by atoms with Gasteiger partial charge in [-0.2, -0.15) is 0 Å². The van der Waals surface area contributed by atoms with Crippen LogP contribution in [0.1, 0.15) is 20.9 Å². The molecule has 30 heavy (non-hydrogen) atoms. The zero-order valence-electron chi connectivity index (χ0n) is 17.4. The Morgan fingerprint density at radius 1 is 1.17 bits per heavy atom. The Bertz CT molecular complexity index is 1010. The van der Waals surface area contributed by atoms with E-state index < -0.39 is 0 Å². The topological polar surface area (TPSA) is 68.0 Å². The van der Waals surface area contributed by atoms with Gasteiger partial charge >= 0.3 is 0 Å². The molecule has 1 aromatic carbocycles. The predicted molar refractivity (Wildman–Crippen MR) is 115 cm³/mol. The molecule has 1 fully saturated rings. The van der Waals surface area contributed by atoms with Crippen molar-refractivity contribution >= 4 is 17.2 Å². The number of amides is 1. The van der Waals surface area contributed by atoms with Crippen LogP contribution in [0.25, 0.3) is 10.8 Å². The van der Waals surface area contributed by atoms with Crippen molar-refractivity contribution < 1.29 is 18.7 Å². The van der Waals surface area contributed by atoms with E-state index >= 15 is 0 Å². The molecular weight excluding hydrogens is 402 g/mol. The number of ether oxygens (including phenoxy) is 2. The van der Waals surface area contributed by atoms with E-state index in [9.17, 15) is 4.79 Å². The van der Waals surface area contributed by atoms with Crippen molar-refractivity contribution in [3.8, 4) is 22.3 Å². The molecule has 0 unspecified atom stereocenters. The summed E-state index contributed by atoms with van der Waals surface area (Å²) in [6.45, 7) is 5.60. The van der Waals surface area contributed by atoms with Gasteiger partial charge in [-0.1, -0.05) is 0 Å². The lowest BCUT2D eigenvalue weighted by atomic mass is 10.1. The van der Waals surface area contributed by atoms with Gasteiger partial charge in [0.25, 0.3) is 5.91 Å². The summed E-state index contributed by atoms with van der Waals surface area (Å²) >= 11 is 1.49. The number of benzene rings is 1. The lowest BCUT2D eigenvalue weighted by Gasteiger charge is -2.34. The molecule has 0 spiro atoms. The second-order valence-corrected chi connectivity index (χ2v) is 8.35. The van der Waals surface area contributed by atoms with Crippen molar-refractivity contribution in [2.45, 2.75) is 13.5 Å². The van der Waals surface area contributed by atoms with Crippen LogP contribution in [-0.2, 0) is 6.54 Å². The molecule has 1 saturated heterocycles. The van der Waals surface area contributed by atoms with Gasteiger partial charge in [0.1, 0.15) is 17.2 Å². The first-order valence-electron chi connectivity index (χ1n) is 9.83. The number of piperazine rings is 1. The summed E-state index contributed by atoms with van der Waals surface area (Å²) < 4.78 is 16.2. The molecule has 0 N–H and O–H groups in total. The lowest BCUT2D eigenvalue weighted by Crippen LogP contribution is -2.48. The number of thiazole rings is 1. The van der Waals surface area contributed by atoms with Crippen LogP contribution in [0.15, 0.2) is 41.0 Å². The van der Waals surface area contributed by atoms with Gasteiger partial charge in [-0.25, -0.2) is 4.98 Å². The van der Waals surface area contributed by atoms with E-state index in [1.807, 2.05) is 42.2 Å². The fourth-order valence-corrected chi connectivity index (χ4v) is 4.48. The molecule has 1 aliphatic heterocycles. The Labute approximate surface area is 179 Å². The Balaban J connectivity index is 1.40. The van der Waals surface area contributed by atoms with Crippen molar-refractivity contribution in [3.63, 3.8) is 0 Å². The van der Waals surface area contributed by atoms with Gasteiger partial charge in [-0.05, 0) is 37.3 Å². The highest BCUT2D eigenvalue weighted by molar-refractivity contribution is 7.15. The standard InChI is InChI=1S/C22H25N3O4S/c1-15-20(23-21(30-15)19-5-4-12-29-19)22(26)25-10-8-24(9-11-25)14-16-13-17(27-2)6-7-18(16)28-3/h4-7,12-13H,8-11,14H2,1-3H3. The zero-order chi connectivity index (χ0) is 21.1. The van der Waals surface area contributed by atoms with Crippen LogP contribution in [0.5, 0.6) is 11.5 Å². The minimum absolute atomic E-state index is 0.0137. The molecule has 0 radical (unpaired) electrons. The largest absolute Gasteiger partial charge is 0.497 e. The van der Waals surface area contributed by atoms with Gasteiger partial charge in [0.05, 0.1) is 20.5 Å². The quantitative estimate of drug-likeness (QED) is 0.598. The van der Waals surface area contributed by atoms with Crippen molar-refractivity contribution in [2.75, 3.05) is 40.4 Å². The minimum atomic E-state index is -0.0137. The Hall–Kier alpha value is -2.84. The number of methoxy groups -OCH3 is 2. The highest BCUT2D eigenvalue weighted by Gasteiger charge is 2.26. The molecule has 1 aliphatic rings. The third-order valence-corrected chi connectivity index (χ3v) is 6.26. The van der Waals surface area contributed by atoms with Crippen LogP contribution < -0.4 is 9.47 Å². The summed E-state index contributed by atoms with van der Waals surface area (Å²) in [7, 11) is 3.34. The first kappa shape index (κ1) is 20.4. The SMILES string of the molecule is COc1ccc(OC)c(CN2CCN(C(=O)c3nc(-c4ccco4)sc3C)CC2)c1. The number of rotatable bonds is 6. The molecule has 8 heteroatoms. The van der Waals surface area contributed by atoms with Gasteiger partial charge < -0.3 is 18.8 Å². The van der Waals surface area contributed by atoms with Gasteiger partial charge in [-0.3, -0.25) is 9.69 Å². The molecule has 158 valence electrons. The Morgan fingerprint density at radius 2 is 1.97 bits per heavy atom. The molecule has 1 amide bonds. The fraction of sp³-hybridized carbons (Fsp3) is 0.364. The Morgan fingerprint density at radius 3 is 2.63 bits per heavy atom. The molecule has 0 aliphatic carbocycles. The molecule has 0 bridgehead atoms. The maximum absolute atomic E-state index is 13.0. The number of furan rings is 1. The maximum atomic E-state index is 13.0. The molecule has 2 aromatic heterocycles. The van der Waals surface area contributed by atoms with Crippen LogP contribution in [0.2, 0.25) is 0 Å². The molecule has 7 nitrogen and oxygen atoms in total. The van der Waals surface area contributed by atoms with Gasteiger partial charge in [-0.15, -0.1) is 11.3 Å². The van der Waals surface area contributed by atoms with E-state index in [-0.39, 0.29) is 5.91 Å². The number of aromatic nitrogens is 1. The van der Waals surface area contributed by atoms with Crippen LogP contribution in [-0.4, -0.2) is 61.1 Å². The van der Waals surface area contributed by atoms with Crippen molar-refractivity contribution in [2.24, 2.45) is 0 Å². The maximum Gasteiger partial charge on any atom is 0.273 e. The number of carbonyl (C=O) groups excluding carboxylic acids is 1. The molecular formula is C22H25N3O4S. The summed E-state index contributed by atoms with van der Waals surface area (Å²) in [6, 6.07) is 9.51. The normalized spacial score (nSPS) is 14.7. The van der Waals surface area contributed by atoms with Crippen LogP contribution in [0.3, 0.4) is 0 Å². The van der Waals surface area contributed by atoms with Crippen LogP contribution in [0.4, 0.5) is 0 Å². The number of carbonyl (C=O) groups is 1. The zero-order valence-corrected chi connectivity index (χ0v) is 18.2. The second-order valence-electron chi connectivity index (χ2n) is 7.15. The molecule has 0 atom stereocenters. The first-order valence-corrected chi connectivity index (χ1v) is 10.6. The van der Waals surface area contributed by atoms with E-state index in [2.05, 4.69) is 9.88 Å². The summed E-state index contributed by atoms with van der Waals surface area (Å²) in [6.07, 6.45) is 1.62. The number of hydrogen-bond acceptors (Lipinski definition) is 7.